The number of nitrogens with zero attached hydrogens (tertiary/aromatic N) is 4. The summed E-state index contributed by atoms with van der Waals surface area (Å²) in [7, 11) is 3.32. The molecule has 0 N–H and O–H groups in total. The zero-order chi connectivity index (χ0) is 19.8. The molecule has 2 heterocycles. The monoisotopic (exact) mass is 380 g/mol. The highest BCUT2D eigenvalue weighted by molar-refractivity contribution is 5.95. The number of likely N-dealkylation sites (tertiary alicyclic amines) is 1. The van der Waals surface area contributed by atoms with Crippen LogP contribution in [0.25, 0.3) is 11.0 Å². The smallest absolute Gasteiger partial charge is 0.311 e. The average Bonchev–Trinajstić information content (AvgIpc) is 3.31. The molecule has 1 fully saturated rings. The molecule has 1 atom stereocenters. The van der Waals surface area contributed by atoms with Crippen molar-refractivity contribution in [2.75, 3.05) is 13.7 Å². The fourth-order valence-corrected chi connectivity index (χ4v) is 3.87. The summed E-state index contributed by atoms with van der Waals surface area (Å²) >= 11 is 0. The van der Waals surface area contributed by atoms with Gasteiger partial charge in [0.15, 0.2) is 5.75 Å². The first-order valence-corrected chi connectivity index (χ1v) is 9.06. The van der Waals surface area contributed by atoms with E-state index in [-0.39, 0.29) is 28.9 Å². The van der Waals surface area contributed by atoms with Gasteiger partial charge in [0.1, 0.15) is 5.82 Å². The molecular weight excluding hydrogens is 360 g/mol. The maximum absolute atomic E-state index is 13.2. The largest absolute Gasteiger partial charge is 0.490 e. The number of para-hydroxylation sites is 2. The van der Waals surface area contributed by atoms with Crippen molar-refractivity contribution in [2.45, 2.75) is 18.9 Å². The van der Waals surface area contributed by atoms with E-state index in [1.807, 2.05) is 35.9 Å². The molecule has 28 heavy (non-hydrogen) atoms. The lowest BCUT2D eigenvalue weighted by molar-refractivity contribution is -0.385. The first-order chi connectivity index (χ1) is 13.5. The number of aromatic nitrogens is 2. The van der Waals surface area contributed by atoms with Crippen LogP contribution in [0.15, 0.2) is 42.5 Å². The SMILES string of the molecule is COc1ccc(C(=O)N2CCC[C@H]2c2nc3ccccc3n2C)cc1[N+](=O)[O-]. The lowest BCUT2D eigenvalue weighted by atomic mass is 10.1. The van der Waals surface area contributed by atoms with Gasteiger partial charge in [-0.1, -0.05) is 12.1 Å². The topological polar surface area (TPSA) is 90.5 Å². The van der Waals surface area contributed by atoms with Crippen molar-refractivity contribution in [3.8, 4) is 5.75 Å². The van der Waals surface area contributed by atoms with E-state index in [0.717, 1.165) is 29.7 Å². The van der Waals surface area contributed by atoms with Crippen molar-refractivity contribution in [2.24, 2.45) is 7.05 Å². The fourth-order valence-electron chi connectivity index (χ4n) is 3.87. The van der Waals surface area contributed by atoms with Crippen LogP contribution in [0.4, 0.5) is 5.69 Å². The average molecular weight is 380 g/mol. The van der Waals surface area contributed by atoms with Crippen LogP contribution in [0.3, 0.4) is 0 Å². The Morgan fingerprint density at radius 2 is 2.07 bits per heavy atom. The summed E-state index contributed by atoms with van der Waals surface area (Å²) < 4.78 is 7.04. The molecule has 1 aromatic heterocycles. The van der Waals surface area contributed by atoms with Gasteiger partial charge < -0.3 is 14.2 Å². The maximum Gasteiger partial charge on any atom is 0.311 e. The van der Waals surface area contributed by atoms with Crippen molar-refractivity contribution in [3.63, 3.8) is 0 Å². The summed E-state index contributed by atoms with van der Waals surface area (Å²) in [4.78, 5) is 30.4. The standard InChI is InChI=1S/C20H20N4O4/c1-22-15-7-4-3-6-14(15)21-19(22)16-8-5-11-23(16)20(25)13-9-10-18(28-2)17(12-13)24(26)27/h3-4,6-7,9-10,12,16H,5,8,11H2,1-2H3/t16-/m0/s1. The van der Waals surface area contributed by atoms with Gasteiger partial charge in [0, 0.05) is 25.2 Å². The van der Waals surface area contributed by atoms with Gasteiger partial charge in [-0.3, -0.25) is 14.9 Å². The van der Waals surface area contributed by atoms with Gasteiger partial charge in [-0.05, 0) is 37.1 Å². The second-order valence-corrected chi connectivity index (χ2v) is 6.82. The van der Waals surface area contributed by atoms with Crippen molar-refractivity contribution < 1.29 is 14.5 Å². The molecule has 144 valence electrons. The predicted molar refractivity (Wildman–Crippen MR) is 103 cm³/mol. The third-order valence-corrected chi connectivity index (χ3v) is 5.26. The van der Waals surface area contributed by atoms with Crippen LogP contribution in [0.5, 0.6) is 5.75 Å². The Hall–Kier alpha value is -3.42. The molecule has 0 aliphatic carbocycles. The van der Waals surface area contributed by atoms with E-state index in [1.165, 1.54) is 19.2 Å². The molecule has 1 aliphatic heterocycles. The van der Waals surface area contributed by atoms with Gasteiger partial charge in [-0.2, -0.15) is 0 Å². The predicted octanol–water partition coefficient (Wildman–Crippen LogP) is 3.47. The number of nitro groups is 1. The van der Waals surface area contributed by atoms with Gasteiger partial charge in [-0.15, -0.1) is 0 Å². The highest BCUT2D eigenvalue weighted by atomic mass is 16.6. The molecule has 2 aromatic carbocycles. The molecular formula is C20H20N4O4. The summed E-state index contributed by atoms with van der Waals surface area (Å²) in [5, 5.41) is 11.3. The summed E-state index contributed by atoms with van der Waals surface area (Å²) in [6, 6.07) is 12.0. The van der Waals surface area contributed by atoms with Crippen LogP contribution in [0, 0.1) is 10.1 Å². The molecule has 0 unspecified atom stereocenters. The molecule has 4 rings (SSSR count). The summed E-state index contributed by atoms with van der Waals surface area (Å²) in [5.41, 5.74) is 1.96. The molecule has 8 nitrogen and oxygen atoms in total. The van der Waals surface area contributed by atoms with Crippen molar-refractivity contribution >= 4 is 22.6 Å². The Morgan fingerprint density at radius 1 is 1.29 bits per heavy atom. The minimum Gasteiger partial charge on any atom is -0.490 e. The number of benzene rings is 2. The number of rotatable bonds is 4. The molecule has 3 aromatic rings. The van der Waals surface area contributed by atoms with Crippen molar-refractivity contribution in [1.29, 1.82) is 0 Å². The second-order valence-electron chi connectivity index (χ2n) is 6.82. The Morgan fingerprint density at radius 3 is 2.79 bits per heavy atom. The number of ether oxygens (including phenoxy) is 1. The van der Waals surface area contributed by atoms with Crippen LogP contribution in [-0.4, -0.2) is 38.9 Å². The third kappa shape index (κ3) is 2.87. The lowest BCUT2D eigenvalue weighted by Crippen LogP contribution is -2.31. The Kier molecular flexibility index (Phi) is 4.46. The van der Waals surface area contributed by atoms with E-state index in [1.54, 1.807) is 11.0 Å². The van der Waals surface area contributed by atoms with E-state index >= 15 is 0 Å². The van der Waals surface area contributed by atoms with Crippen molar-refractivity contribution in [1.82, 2.24) is 14.5 Å². The zero-order valence-corrected chi connectivity index (χ0v) is 15.7. The first kappa shape index (κ1) is 18.0. The number of fused-ring (bicyclic) bond motifs is 1. The minimum atomic E-state index is -0.539. The number of carbonyl (C=O) groups is 1. The Bertz CT molecular complexity index is 1080. The number of aryl methyl sites for hydroxylation is 1. The minimum absolute atomic E-state index is 0.134. The normalized spacial score (nSPS) is 16.5. The van der Waals surface area contributed by atoms with E-state index in [9.17, 15) is 14.9 Å². The molecule has 1 aliphatic rings. The molecule has 0 bridgehead atoms. The van der Waals surface area contributed by atoms with Crippen molar-refractivity contribution in [3.05, 3.63) is 64.0 Å². The van der Waals surface area contributed by atoms with Gasteiger partial charge in [0.25, 0.3) is 5.91 Å². The highest BCUT2D eigenvalue weighted by Crippen LogP contribution is 2.35. The van der Waals surface area contributed by atoms with E-state index < -0.39 is 4.92 Å². The quantitative estimate of drug-likeness (QED) is 0.511. The summed E-state index contributed by atoms with van der Waals surface area (Å²) in [6.07, 6.45) is 1.67. The number of imidazole rings is 1. The summed E-state index contributed by atoms with van der Waals surface area (Å²) in [6.45, 7) is 0.590. The second kappa shape index (κ2) is 6.95. The Balaban J connectivity index is 1.70. The van der Waals surface area contributed by atoms with Crippen LogP contribution in [0.2, 0.25) is 0 Å². The van der Waals surface area contributed by atoms with Crippen LogP contribution < -0.4 is 4.74 Å². The van der Waals surface area contributed by atoms with Gasteiger partial charge >= 0.3 is 5.69 Å². The number of methoxy groups -OCH3 is 1. The molecule has 0 saturated carbocycles. The van der Waals surface area contributed by atoms with E-state index in [0.29, 0.717) is 6.54 Å². The van der Waals surface area contributed by atoms with Gasteiger partial charge in [0.2, 0.25) is 0 Å². The van der Waals surface area contributed by atoms with Crippen LogP contribution in [0.1, 0.15) is 35.1 Å². The lowest BCUT2D eigenvalue weighted by Gasteiger charge is -2.24. The molecule has 8 heteroatoms. The third-order valence-electron chi connectivity index (χ3n) is 5.26. The highest BCUT2D eigenvalue weighted by Gasteiger charge is 2.34. The molecule has 1 amide bonds. The first-order valence-electron chi connectivity index (χ1n) is 9.06. The number of hydrogen-bond donors (Lipinski definition) is 0. The number of carbonyl (C=O) groups excluding carboxylic acids is 1. The van der Waals surface area contributed by atoms with Crippen LogP contribution >= 0.6 is 0 Å². The maximum atomic E-state index is 13.2. The number of hydrogen-bond acceptors (Lipinski definition) is 5. The molecule has 0 spiro atoms. The van der Waals surface area contributed by atoms with Gasteiger partial charge in [0.05, 0.1) is 29.1 Å². The van der Waals surface area contributed by atoms with E-state index in [4.69, 9.17) is 9.72 Å². The fraction of sp³-hybridized carbons (Fsp3) is 0.300. The molecule has 1 saturated heterocycles. The zero-order valence-electron chi connectivity index (χ0n) is 15.7. The number of amides is 1. The van der Waals surface area contributed by atoms with E-state index in [2.05, 4.69) is 0 Å². The Labute approximate surface area is 161 Å². The van der Waals surface area contributed by atoms with Crippen LogP contribution in [-0.2, 0) is 7.05 Å². The van der Waals surface area contributed by atoms with Gasteiger partial charge in [-0.25, -0.2) is 4.98 Å². The molecule has 0 radical (unpaired) electrons. The number of nitro benzene ring substituents is 1. The summed E-state index contributed by atoms with van der Waals surface area (Å²) in [5.74, 6) is 0.727.